The lowest BCUT2D eigenvalue weighted by Crippen LogP contribution is -2.08. The SMILES string of the molecule is Cc1ccc(CNc2ncnc(Nc3ccc(I)cc3)c2N)cc1. The summed E-state index contributed by atoms with van der Waals surface area (Å²) in [7, 11) is 0. The van der Waals surface area contributed by atoms with Crippen LogP contribution in [0.5, 0.6) is 0 Å². The lowest BCUT2D eigenvalue weighted by molar-refractivity contribution is 1.08. The van der Waals surface area contributed by atoms with Gasteiger partial charge in [-0.15, -0.1) is 0 Å². The summed E-state index contributed by atoms with van der Waals surface area (Å²) in [5.74, 6) is 1.22. The van der Waals surface area contributed by atoms with Gasteiger partial charge in [0, 0.05) is 15.8 Å². The van der Waals surface area contributed by atoms with Crippen molar-refractivity contribution in [1.82, 2.24) is 9.97 Å². The van der Waals surface area contributed by atoms with E-state index in [1.54, 1.807) is 0 Å². The molecule has 122 valence electrons. The fourth-order valence-corrected chi connectivity index (χ4v) is 2.56. The highest BCUT2D eigenvalue weighted by molar-refractivity contribution is 14.1. The Bertz CT molecular complexity index is 816. The zero-order chi connectivity index (χ0) is 16.9. The van der Waals surface area contributed by atoms with Crippen molar-refractivity contribution in [3.8, 4) is 0 Å². The number of nitrogen functional groups attached to an aromatic ring is 1. The number of aromatic nitrogens is 2. The van der Waals surface area contributed by atoms with E-state index >= 15 is 0 Å². The van der Waals surface area contributed by atoms with Gasteiger partial charge in [-0.05, 0) is 59.3 Å². The standard InChI is InChI=1S/C18H18IN5/c1-12-2-4-13(5-3-12)10-21-17-16(20)18(23-11-22-17)24-15-8-6-14(19)7-9-15/h2-9,11H,10,20H2,1H3,(H2,21,22,23,24). The molecule has 0 saturated heterocycles. The molecular weight excluding hydrogens is 413 g/mol. The first-order valence-corrected chi connectivity index (χ1v) is 8.62. The van der Waals surface area contributed by atoms with Crippen LogP contribution in [0.15, 0.2) is 54.9 Å². The fourth-order valence-electron chi connectivity index (χ4n) is 2.20. The second-order valence-corrected chi connectivity index (χ2v) is 6.70. The molecule has 1 aromatic heterocycles. The highest BCUT2D eigenvalue weighted by Crippen LogP contribution is 2.26. The van der Waals surface area contributed by atoms with E-state index in [-0.39, 0.29) is 0 Å². The molecule has 3 aromatic rings. The largest absolute Gasteiger partial charge is 0.393 e. The Morgan fingerprint density at radius 2 is 1.62 bits per heavy atom. The molecule has 0 saturated carbocycles. The lowest BCUT2D eigenvalue weighted by atomic mass is 10.1. The maximum atomic E-state index is 6.20. The molecule has 0 aliphatic carbocycles. The van der Waals surface area contributed by atoms with Gasteiger partial charge in [-0.1, -0.05) is 29.8 Å². The summed E-state index contributed by atoms with van der Waals surface area (Å²) in [5, 5.41) is 6.49. The molecule has 0 bridgehead atoms. The monoisotopic (exact) mass is 431 g/mol. The number of benzene rings is 2. The minimum atomic E-state index is 0.503. The van der Waals surface area contributed by atoms with Crippen LogP contribution in [0, 0.1) is 10.5 Å². The Balaban J connectivity index is 1.72. The van der Waals surface area contributed by atoms with Gasteiger partial charge in [0.2, 0.25) is 0 Å². The number of hydrogen-bond acceptors (Lipinski definition) is 5. The Morgan fingerprint density at radius 1 is 0.958 bits per heavy atom. The maximum Gasteiger partial charge on any atom is 0.159 e. The van der Waals surface area contributed by atoms with Crippen LogP contribution in [0.1, 0.15) is 11.1 Å². The predicted molar refractivity (Wildman–Crippen MR) is 107 cm³/mol. The molecule has 0 radical (unpaired) electrons. The molecule has 24 heavy (non-hydrogen) atoms. The van der Waals surface area contributed by atoms with Crippen LogP contribution in [0.25, 0.3) is 0 Å². The zero-order valence-electron chi connectivity index (χ0n) is 13.3. The topological polar surface area (TPSA) is 75.9 Å². The van der Waals surface area contributed by atoms with E-state index in [0.29, 0.717) is 23.9 Å². The van der Waals surface area contributed by atoms with Crippen molar-refractivity contribution in [3.63, 3.8) is 0 Å². The van der Waals surface area contributed by atoms with Crippen LogP contribution in [0.2, 0.25) is 0 Å². The van der Waals surface area contributed by atoms with Gasteiger partial charge >= 0.3 is 0 Å². The average Bonchev–Trinajstić information content (AvgIpc) is 2.59. The third-order valence-electron chi connectivity index (χ3n) is 3.57. The van der Waals surface area contributed by atoms with E-state index in [1.165, 1.54) is 21.0 Å². The van der Waals surface area contributed by atoms with E-state index < -0.39 is 0 Å². The number of nitrogens with one attached hydrogen (secondary N) is 2. The summed E-state index contributed by atoms with van der Waals surface area (Å²) in [6, 6.07) is 16.4. The second kappa shape index (κ2) is 7.48. The second-order valence-electron chi connectivity index (χ2n) is 5.46. The van der Waals surface area contributed by atoms with Crippen LogP contribution in [0.3, 0.4) is 0 Å². The van der Waals surface area contributed by atoms with E-state index in [0.717, 1.165) is 5.69 Å². The van der Waals surface area contributed by atoms with Crippen molar-refractivity contribution in [2.24, 2.45) is 0 Å². The van der Waals surface area contributed by atoms with Crippen LogP contribution < -0.4 is 16.4 Å². The summed E-state index contributed by atoms with van der Waals surface area (Å²) in [6.45, 7) is 2.73. The van der Waals surface area contributed by atoms with E-state index in [1.807, 2.05) is 24.3 Å². The summed E-state index contributed by atoms with van der Waals surface area (Å²) in [5.41, 5.74) is 10.0. The molecule has 0 aliphatic rings. The molecule has 0 unspecified atom stereocenters. The molecule has 0 atom stereocenters. The smallest absolute Gasteiger partial charge is 0.159 e. The van der Waals surface area contributed by atoms with Gasteiger partial charge in [0.05, 0.1) is 0 Å². The number of nitrogens with two attached hydrogens (primary N) is 1. The van der Waals surface area contributed by atoms with Gasteiger partial charge < -0.3 is 16.4 Å². The molecule has 5 nitrogen and oxygen atoms in total. The molecule has 0 amide bonds. The summed E-state index contributed by atoms with van der Waals surface area (Å²) < 4.78 is 1.18. The average molecular weight is 431 g/mol. The Hall–Kier alpha value is -2.35. The first-order valence-electron chi connectivity index (χ1n) is 7.54. The van der Waals surface area contributed by atoms with E-state index in [2.05, 4.69) is 74.4 Å². The molecule has 1 heterocycles. The van der Waals surface area contributed by atoms with Gasteiger partial charge in [0.25, 0.3) is 0 Å². The van der Waals surface area contributed by atoms with Crippen molar-refractivity contribution in [3.05, 3.63) is 69.6 Å². The van der Waals surface area contributed by atoms with E-state index in [4.69, 9.17) is 5.73 Å². The van der Waals surface area contributed by atoms with Crippen LogP contribution in [-0.2, 0) is 6.54 Å². The van der Waals surface area contributed by atoms with Gasteiger partial charge in [0.1, 0.15) is 12.0 Å². The highest BCUT2D eigenvalue weighted by atomic mass is 127. The summed E-state index contributed by atoms with van der Waals surface area (Å²) in [6.07, 6.45) is 1.50. The Morgan fingerprint density at radius 3 is 2.33 bits per heavy atom. The number of rotatable bonds is 5. The molecule has 0 spiro atoms. The van der Waals surface area contributed by atoms with Gasteiger partial charge in [-0.3, -0.25) is 0 Å². The number of nitrogens with zero attached hydrogens (tertiary/aromatic N) is 2. The fraction of sp³-hybridized carbons (Fsp3) is 0.111. The Labute approximate surface area is 154 Å². The molecular formula is C18H18IN5. The molecule has 3 rings (SSSR count). The van der Waals surface area contributed by atoms with Crippen molar-refractivity contribution in [1.29, 1.82) is 0 Å². The molecule has 4 N–H and O–H groups in total. The molecule has 6 heteroatoms. The van der Waals surface area contributed by atoms with Crippen molar-refractivity contribution in [2.75, 3.05) is 16.4 Å². The van der Waals surface area contributed by atoms with Gasteiger partial charge in [-0.2, -0.15) is 0 Å². The van der Waals surface area contributed by atoms with Crippen LogP contribution in [-0.4, -0.2) is 9.97 Å². The number of halogens is 1. The molecule has 0 fully saturated rings. The van der Waals surface area contributed by atoms with Crippen molar-refractivity contribution < 1.29 is 0 Å². The third kappa shape index (κ3) is 4.14. The first kappa shape index (κ1) is 16.5. The van der Waals surface area contributed by atoms with E-state index in [9.17, 15) is 0 Å². The highest BCUT2D eigenvalue weighted by Gasteiger charge is 2.08. The summed E-state index contributed by atoms with van der Waals surface area (Å²) in [4.78, 5) is 8.47. The quantitative estimate of drug-likeness (QED) is 0.525. The molecule has 0 aliphatic heterocycles. The van der Waals surface area contributed by atoms with Crippen LogP contribution >= 0.6 is 22.6 Å². The lowest BCUT2D eigenvalue weighted by Gasteiger charge is -2.12. The maximum absolute atomic E-state index is 6.20. The van der Waals surface area contributed by atoms with Crippen molar-refractivity contribution in [2.45, 2.75) is 13.5 Å². The minimum Gasteiger partial charge on any atom is -0.393 e. The predicted octanol–water partition coefficient (Wildman–Crippen LogP) is 4.33. The van der Waals surface area contributed by atoms with Gasteiger partial charge in [0.15, 0.2) is 11.6 Å². The number of anilines is 4. The number of aryl methyl sites for hydroxylation is 1. The summed E-state index contributed by atoms with van der Waals surface area (Å²) >= 11 is 2.27. The normalized spacial score (nSPS) is 10.4. The Kier molecular flexibility index (Phi) is 5.14. The minimum absolute atomic E-state index is 0.503. The first-order chi connectivity index (χ1) is 11.6. The van der Waals surface area contributed by atoms with Crippen LogP contribution in [0.4, 0.5) is 23.0 Å². The zero-order valence-corrected chi connectivity index (χ0v) is 15.4. The third-order valence-corrected chi connectivity index (χ3v) is 4.29. The van der Waals surface area contributed by atoms with Crippen molar-refractivity contribution >= 4 is 45.6 Å². The number of hydrogen-bond donors (Lipinski definition) is 3. The molecule has 2 aromatic carbocycles. The van der Waals surface area contributed by atoms with Gasteiger partial charge in [-0.25, -0.2) is 9.97 Å².